The van der Waals surface area contributed by atoms with Crippen LogP contribution in [0.5, 0.6) is 0 Å². The average molecular weight is 253 g/mol. The molecule has 4 heteroatoms. The first-order chi connectivity index (χ1) is 8.81. The number of nitrogens with zero attached hydrogens (tertiary/aromatic N) is 2. The van der Waals surface area contributed by atoms with Crippen LogP contribution in [0.1, 0.15) is 38.5 Å². The molecule has 0 saturated carbocycles. The van der Waals surface area contributed by atoms with E-state index in [4.69, 9.17) is 5.73 Å². The van der Waals surface area contributed by atoms with Crippen molar-refractivity contribution in [2.24, 2.45) is 11.7 Å². The Hall–Kier alpha value is -0.610. The molecule has 1 atom stereocenters. The van der Waals surface area contributed by atoms with Gasteiger partial charge in [0.1, 0.15) is 0 Å². The van der Waals surface area contributed by atoms with Crippen LogP contribution in [-0.4, -0.2) is 55.0 Å². The van der Waals surface area contributed by atoms with Crippen molar-refractivity contribution in [3.63, 3.8) is 0 Å². The third-order valence-electron chi connectivity index (χ3n) is 4.22. The zero-order chi connectivity index (χ0) is 12.8. The molecule has 2 saturated heterocycles. The molecule has 18 heavy (non-hydrogen) atoms. The predicted octanol–water partition coefficient (Wildman–Crippen LogP) is 1.06. The van der Waals surface area contributed by atoms with Gasteiger partial charge < -0.3 is 15.5 Å². The van der Waals surface area contributed by atoms with Crippen LogP contribution < -0.4 is 5.73 Å². The number of carbonyl (C=O) groups is 1. The van der Waals surface area contributed by atoms with E-state index in [2.05, 4.69) is 9.80 Å². The smallest absolute Gasteiger partial charge is 0.226 e. The van der Waals surface area contributed by atoms with Gasteiger partial charge in [0.25, 0.3) is 0 Å². The molecule has 1 amide bonds. The highest BCUT2D eigenvalue weighted by Crippen LogP contribution is 2.20. The molecule has 2 heterocycles. The lowest BCUT2D eigenvalue weighted by Gasteiger charge is -2.34. The fourth-order valence-electron chi connectivity index (χ4n) is 3.19. The summed E-state index contributed by atoms with van der Waals surface area (Å²) in [7, 11) is 0. The number of nitrogens with two attached hydrogens (primary N) is 1. The summed E-state index contributed by atoms with van der Waals surface area (Å²) in [4.78, 5) is 17.0. The Bertz CT molecular complexity index is 260. The SMILES string of the molecule is NCCN1CCCC(C(=O)N2CCCCCC2)C1. The third-order valence-corrected chi connectivity index (χ3v) is 4.22. The van der Waals surface area contributed by atoms with Crippen molar-refractivity contribution in [2.45, 2.75) is 38.5 Å². The molecule has 0 radical (unpaired) electrons. The van der Waals surface area contributed by atoms with E-state index < -0.39 is 0 Å². The summed E-state index contributed by atoms with van der Waals surface area (Å²) in [5.74, 6) is 0.627. The summed E-state index contributed by atoms with van der Waals surface area (Å²) in [5.41, 5.74) is 5.61. The number of amides is 1. The summed E-state index contributed by atoms with van der Waals surface area (Å²) in [6.07, 6.45) is 7.15. The van der Waals surface area contributed by atoms with Gasteiger partial charge in [-0.2, -0.15) is 0 Å². The first-order valence-electron chi connectivity index (χ1n) is 7.52. The molecule has 104 valence electrons. The summed E-state index contributed by atoms with van der Waals surface area (Å²) in [6, 6.07) is 0. The fourth-order valence-corrected chi connectivity index (χ4v) is 3.19. The van der Waals surface area contributed by atoms with E-state index in [9.17, 15) is 4.79 Å². The Morgan fingerprint density at radius 3 is 2.44 bits per heavy atom. The average Bonchev–Trinajstić information content (AvgIpc) is 2.67. The Kier molecular flexibility index (Phi) is 5.45. The van der Waals surface area contributed by atoms with Gasteiger partial charge in [0, 0.05) is 32.7 Å². The summed E-state index contributed by atoms with van der Waals surface area (Å²) in [6.45, 7) is 5.63. The minimum absolute atomic E-state index is 0.225. The topological polar surface area (TPSA) is 49.6 Å². The van der Waals surface area contributed by atoms with Crippen molar-refractivity contribution in [3.05, 3.63) is 0 Å². The van der Waals surface area contributed by atoms with Gasteiger partial charge in [0.2, 0.25) is 5.91 Å². The maximum Gasteiger partial charge on any atom is 0.226 e. The van der Waals surface area contributed by atoms with Crippen molar-refractivity contribution < 1.29 is 4.79 Å². The zero-order valence-corrected chi connectivity index (χ0v) is 11.4. The van der Waals surface area contributed by atoms with Crippen LogP contribution in [0.25, 0.3) is 0 Å². The lowest BCUT2D eigenvalue weighted by molar-refractivity contribution is -0.137. The molecule has 4 nitrogen and oxygen atoms in total. The monoisotopic (exact) mass is 253 g/mol. The minimum Gasteiger partial charge on any atom is -0.342 e. The van der Waals surface area contributed by atoms with Gasteiger partial charge in [0.15, 0.2) is 0 Å². The van der Waals surface area contributed by atoms with E-state index in [1.54, 1.807) is 0 Å². The van der Waals surface area contributed by atoms with Gasteiger partial charge in [-0.05, 0) is 32.2 Å². The zero-order valence-electron chi connectivity index (χ0n) is 11.4. The van der Waals surface area contributed by atoms with E-state index in [1.807, 2.05) is 0 Å². The number of hydrogen-bond acceptors (Lipinski definition) is 3. The predicted molar refractivity (Wildman–Crippen MR) is 73.3 cm³/mol. The van der Waals surface area contributed by atoms with Crippen LogP contribution in [-0.2, 0) is 4.79 Å². The standard InChI is InChI=1S/C14H27N3O/c15-7-11-16-8-5-6-13(12-16)14(18)17-9-3-1-2-4-10-17/h13H,1-12,15H2. The van der Waals surface area contributed by atoms with Crippen molar-refractivity contribution in [2.75, 3.05) is 39.3 Å². The molecule has 0 spiro atoms. The molecule has 2 aliphatic rings. The van der Waals surface area contributed by atoms with Gasteiger partial charge in [-0.25, -0.2) is 0 Å². The summed E-state index contributed by atoms with van der Waals surface area (Å²) >= 11 is 0. The number of rotatable bonds is 3. The Morgan fingerprint density at radius 2 is 1.78 bits per heavy atom. The summed E-state index contributed by atoms with van der Waals surface area (Å²) in [5, 5.41) is 0. The highest BCUT2D eigenvalue weighted by molar-refractivity contribution is 5.79. The number of piperidine rings is 1. The quantitative estimate of drug-likeness (QED) is 0.818. The van der Waals surface area contributed by atoms with Crippen molar-refractivity contribution in [3.8, 4) is 0 Å². The van der Waals surface area contributed by atoms with Crippen molar-refractivity contribution in [1.82, 2.24) is 9.80 Å². The second-order valence-electron chi connectivity index (χ2n) is 5.67. The first-order valence-corrected chi connectivity index (χ1v) is 7.52. The molecule has 2 fully saturated rings. The lowest BCUT2D eigenvalue weighted by atomic mass is 9.96. The van der Waals surface area contributed by atoms with Crippen LogP contribution in [0.2, 0.25) is 0 Å². The molecular weight excluding hydrogens is 226 g/mol. The van der Waals surface area contributed by atoms with Crippen LogP contribution in [0.15, 0.2) is 0 Å². The Labute approximate surface area is 110 Å². The largest absolute Gasteiger partial charge is 0.342 e. The molecule has 0 aromatic rings. The minimum atomic E-state index is 0.225. The maximum atomic E-state index is 12.5. The van der Waals surface area contributed by atoms with Gasteiger partial charge in [0.05, 0.1) is 5.92 Å². The molecule has 2 N–H and O–H groups in total. The molecule has 2 rings (SSSR count). The molecule has 0 aromatic heterocycles. The number of likely N-dealkylation sites (tertiary alicyclic amines) is 2. The molecule has 0 aliphatic carbocycles. The molecule has 0 aromatic carbocycles. The van der Waals surface area contributed by atoms with Gasteiger partial charge >= 0.3 is 0 Å². The fraction of sp³-hybridized carbons (Fsp3) is 0.929. The van der Waals surface area contributed by atoms with Gasteiger partial charge in [-0.1, -0.05) is 12.8 Å². The third kappa shape index (κ3) is 3.69. The lowest BCUT2D eigenvalue weighted by Crippen LogP contribution is -2.46. The molecule has 0 bridgehead atoms. The second kappa shape index (κ2) is 7.10. The maximum absolute atomic E-state index is 12.5. The Balaban J connectivity index is 1.86. The van der Waals surface area contributed by atoms with E-state index in [1.165, 1.54) is 25.7 Å². The summed E-state index contributed by atoms with van der Waals surface area (Å²) < 4.78 is 0. The molecule has 1 unspecified atom stereocenters. The van der Waals surface area contributed by atoms with Crippen molar-refractivity contribution >= 4 is 5.91 Å². The van der Waals surface area contributed by atoms with E-state index in [0.29, 0.717) is 12.5 Å². The number of hydrogen-bond donors (Lipinski definition) is 1. The van der Waals surface area contributed by atoms with Crippen LogP contribution >= 0.6 is 0 Å². The highest BCUT2D eigenvalue weighted by atomic mass is 16.2. The van der Waals surface area contributed by atoms with Crippen LogP contribution in [0.3, 0.4) is 0 Å². The van der Waals surface area contributed by atoms with Gasteiger partial charge in [-0.3, -0.25) is 4.79 Å². The Morgan fingerprint density at radius 1 is 1.06 bits per heavy atom. The number of carbonyl (C=O) groups excluding carboxylic acids is 1. The van der Waals surface area contributed by atoms with E-state index in [0.717, 1.165) is 45.6 Å². The van der Waals surface area contributed by atoms with E-state index >= 15 is 0 Å². The van der Waals surface area contributed by atoms with Crippen molar-refractivity contribution in [1.29, 1.82) is 0 Å². The van der Waals surface area contributed by atoms with E-state index in [-0.39, 0.29) is 5.92 Å². The normalized spacial score (nSPS) is 26.9. The first kappa shape index (κ1) is 13.8. The molecule has 2 aliphatic heterocycles. The second-order valence-corrected chi connectivity index (χ2v) is 5.67. The van der Waals surface area contributed by atoms with Crippen LogP contribution in [0.4, 0.5) is 0 Å². The highest BCUT2D eigenvalue weighted by Gasteiger charge is 2.29. The molecular formula is C14H27N3O. The van der Waals surface area contributed by atoms with Crippen LogP contribution in [0, 0.1) is 5.92 Å². The van der Waals surface area contributed by atoms with Gasteiger partial charge in [-0.15, -0.1) is 0 Å².